The van der Waals surface area contributed by atoms with E-state index < -0.39 is 0 Å². The van der Waals surface area contributed by atoms with Crippen molar-refractivity contribution in [3.63, 3.8) is 0 Å². The number of ether oxygens (including phenoxy) is 2. The first-order valence-electron chi connectivity index (χ1n) is 6.47. The summed E-state index contributed by atoms with van der Waals surface area (Å²) in [4.78, 5) is 11.9. The van der Waals surface area contributed by atoms with E-state index in [4.69, 9.17) is 9.47 Å². The van der Waals surface area contributed by atoms with Crippen LogP contribution < -0.4 is 10.6 Å². The highest BCUT2D eigenvalue weighted by molar-refractivity contribution is 5.91. The standard InChI is InChI=1S/C14H20N2O3.ClH/c1-18-9-11-3-2-4-12(7-11)16-14(17)8-13-10-19-6-5-15-13;/h2-4,7,13,15H,5-6,8-10H2,1H3,(H,16,17);1H. The number of hydrogen-bond acceptors (Lipinski definition) is 4. The van der Waals surface area contributed by atoms with Gasteiger partial charge in [-0.25, -0.2) is 0 Å². The van der Waals surface area contributed by atoms with Crippen molar-refractivity contribution >= 4 is 24.0 Å². The summed E-state index contributed by atoms with van der Waals surface area (Å²) in [5.74, 6) is -0.00225. The number of methoxy groups -OCH3 is 1. The largest absolute Gasteiger partial charge is 0.380 e. The van der Waals surface area contributed by atoms with Crippen molar-refractivity contribution in [2.24, 2.45) is 0 Å². The molecule has 1 aromatic carbocycles. The Labute approximate surface area is 125 Å². The Balaban J connectivity index is 0.00000200. The molecule has 1 atom stereocenters. The van der Waals surface area contributed by atoms with E-state index in [1.54, 1.807) is 7.11 Å². The first-order valence-corrected chi connectivity index (χ1v) is 6.47. The van der Waals surface area contributed by atoms with Gasteiger partial charge in [-0.1, -0.05) is 12.1 Å². The van der Waals surface area contributed by atoms with Crippen LogP contribution in [0.15, 0.2) is 24.3 Å². The van der Waals surface area contributed by atoms with Crippen molar-refractivity contribution in [1.82, 2.24) is 5.32 Å². The van der Waals surface area contributed by atoms with E-state index in [-0.39, 0.29) is 24.4 Å². The van der Waals surface area contributed by atoms with Gasteiger partial charge in [0, 0.05) is 31.8 Å². The van der Waals surface area contributed by atoms with E-state index in [9.17, 15) is 4.79 Å². The molecule has 1 aliphatic heterocycles. The molecule has 1 saturated heterocycles. The molecular weight excluding hydrogens is 280 g/mol. The van der Waals surface area contributed by atoms with Gasteiger partial charge in [0.2, 0.25) is 5.91 Å². The zero-order valence-electron chi connectivity index (χ0n) is 11.6. The minimum atomic E-state index is -0.00225. The van der Waals surface area contributed by atoms with Crippen molar-refractivity contribution in [2.75, 3.05) is 32.2 Å². The Kier molecular flexibility index (Phi) is 7.54. The van der Waals surface area contributed by atoms with Gasteiger partial charge < -0.3 is 20.1 Å². The Morgan fingerprint density at radius 1 is 1.55 bits per heavy atom. The molecule has 0 radical (unpaired) electrons. The van der Waals surface area contributed by atoms with Crippen molar-refractivity contribution in [1.29, 1.82) is 0 Å². The third kappa shape index (κ3) is 5.46. The lowest BCUT2D eigenvalue weighted by Gasteiger charge is -2.23. The van der Waals surface area contributed by atoms with Crippen LogP contribution >= 0.6 is 12.4 Å². The van der Waals surface area contributed by atoms with Gasteiger partial charge in [0.15, 0.2) is 0 Å². The molecule has 1 aliphatic rings. The van der Waals surface area contributed by atoms with Crippen LogP contribution in [0.25, 0.3) is 0 Å². The lowest BCUT2D eigenvalue weighted by molar-refractivity contribution is -0.117. The second-order valence-corrected chi connectivity index (χ2v) is 4.61. The van der Waals surface area contributed by atoms with Gasteiger partial charge in [-0.2, -0.15) is 0 Å². The average molecular weight is 301 g/mol. The number of morpholine rings is 1. The molecule has 6 heteroatoms. The predicted octanol–water partition coefficient (Wildman–Crippen LogP) is 1.57. The molecule has 0 aromatic heterocycles. The fraction of sp³-hybridized carbons (Fsp3) is 0.500. The van der Waals surface area contributed by atoms with Gasteiger partial charge in [-0.15, -0.1) is 12.4 Å². The van der Waals surface area contributed by atoms with E-state index in [1.807, 2.05) is 24.3 Å². The fourth-order valence-electron chi connectivity index (χ4n) is 2.09. The third-order valence-corrected chi connectivity index (χ3v) is 2.95. The fourth-order valence-corrected chi connectivity index (χ4v) is 2.09. The maximum Gasteiger partial charge on any atom is 0.226 e. The van der Waals surface area contributed by atoms with Crippen LogP contribution in [0.4, 0.5) is 5.69 Å². The van der Waals surface area contributed by atoms with Gasteiger partial charge in [0.05, 0.1) is 19.8 Å². The molecule has 112 valence electrons. The number of hydrogen-bond donors (Lipinski definition) is 2. The van der Waals surface area contributed by atoms with Gasteiger partial charge in [0.25, 0.3) is 0 Å². The minimum absolute atomic E-state index is 0. The van der Waals surface area contributed by atoms with Crippen LogP contribution in [0.3, 0.4) is 0 Å². The zero-order valence-corrected chi connectivity index (χ0v) is 12.4. The third-order valence-electron chi connectivity index (χ3n) is 2.95. The first-order chi connectivity index (χ1) is 9.28. The van der Waals surface area contributed by atoms with Crippen LogP contribution in [-0.2, 0) is 20.9 Å². The Hall–Kier alpha value is -1.14. The number of halogens is 1. The van der Waals surface area contributed by atoms with Crippen LogP contribution in [-0.4, -0.2) is 38.8 Å². The summed E-state index contributed by atoms with van der Waals surface area (Å²) < 4.78 is 10.4. The number of carbonyl (C=O) groups excluding carboxylic acids is 1. The second-order valence-electron chi connectivity index (χ2n) is 4.61. The Morgan fingerprint density at radius 2 is 2.40 bits per heavy atom. The highest BCUT2D eigenvalue weighted by Crippen LogP contribution is 2.12. The summed E-state index contributed by atoms with van der Waals surface area (Å²) in [6.07, 6.45) is 0.425. The number of nitrogens with one attached hydrogen (secondary N) is 2. The molecule has 2 rings (SSSR count). The summed E-state index contributed by atoms with van der Waals surface area (Å²) in [5, 5.41) is 6.16. The summed E-state index contributed by atoms with van der Waals surface area (Å²) in [7, 11) is 1.65. The lowest BCUT2D eigenvalue weighted by atomic mass is 10.1. The van der Waals surface area contributed by atoms with E-state index in [0.717, 1.165) is 24.4 Å². The van der Waals surface area contributed by atoms with Crippen molar-refractivity contribution in [3.05, 3.63) is 29.8 Å². The normalized spacial score (nSPS) is 18.1. The molecule has 5 nitrogen and oxygen atoms in total. The first kappa shape index (κ1) is 16.9. The molecular formula is C14H21ClN2O3. The average Bonchev–Trinajstić information content (AvgIpc) is 2.40. The van der Waals surface area contributed by atoms with Crippen LogP contribution in [0.5, 0.6) is 0 Å². The number of rotatable bonds is 5. The van der Waals surface area contributed by atoms with E-state index in [2.05, 4.69) is 10.6 Å². The van der Waals surface area contributed by atoms with Gasteiger partial charge >= 0.3 is 0 Å². The van der Waals surface area contributed by atoms with Crippen LogP contribution in [0.2, 0.25) is 0 Å². The van der Waals surface area contributed by atoms with Gasteiger partial charge in [0.1, 0.15) is 0 Å². The SMILES string of the molecule is COCc1cccc(NC(=O)CC2COCCN2)c1.Cl. The van der Waals surface area contributed by atoms with E-state index >= 15 is 0 Å². The minimum Gasteiger partial charge on any atom is -0.380 e. The monoisotopic (exact) mass is 300 g/mol. The van der Waals surface area contributed by atoms with Crippen molar-refractivity contribution < 1.29 is 14.3 Å². The highest BCUT2D eigenvalue weighted by atomic mass is 35.5. The molecule has 1 amide bonds. The number of anilines is 1. The number of amides is 1. The van der Waals surface area contributed by atoms with Gasteiger partial charge in [-0.05, 0) is 17.7 Å². The highest BCUT2D eigenvalue weighted by Gasteiger charge is 2.16. The molecule has 0 aliphatic carbocycles. The van der Waals surface area contributed by atoms with Crippen LogP contribution in [0, 0.1) is 0 Å². The molecule has 20 heavy (non-hydrogen) atoms. The summed E-state index contributed by atoms with van der Waals surface area (Å²) in [6.45, 7) is 2.66. The van der Waals surface area contributed by atoms with E-state index in [0.29, 0.717) is 19.6 Å². The maximum atomic E-state index is 11.9. The Bertz CT molecular complexity index is 423. The zero-order chi connectivity index (χ0) is 13.5. The number of carbonyl (C=O) groups is 1. The molecule has 0 bridgehead atoms. The van der Waals surface area contributed by atoms with Crippen molar-refractivity contribution in [2.45, 2.75) is 19.1 Å². The molecule has 1 unspecified atom stereocenters. The summed E-state index contributed by atoms with van der Waals surface area (Å²) in [5.41, 5.74) is 1.84. The maximum absolute atomic E-state index is 11.9. The molecule has 1 aromatic rings. The van der Waals surface area contributed by atoms with Crippen molar-refractivity contribution in [3.8, 4) is 0 Å². The predicted molar refractivity (Wildman–Crippen MR) is 80.3 cm³/mol. The molecule has 2 N–H and O–H groups in total. The lowest BCUT2D eigenvalue weighted by Crippen LogP contribution is -2.43. The topological polar surface area (TPSA) is 59.6 Å². The molecule has 0 spiro atoms. The smallest absolute Gasteiger partial charge is 0.226 e. The number of benzene rings is 1. The summed E-state index contributed by atoms with van der Waals surface area (Å²) >= 11 is 0. The van der Waals surface area contributed by atoms with E-state index in [1.165, 1.54) is 0 Å². The second kappa shape index (κ2) is 8.92. The van der Waals surface area contributed by atoms with Gasteiger partial charge in [-0.3, -0.25) is 4.79 Å². The molecule has 1 heterocycles. The van der Waals surface area contributed by atoms with Crippen LogP contribution in [0.1, 0.15) is 12.0 Å². The molecule has 0 saturated carbocycles. The Morgan fingerprint density at radius 3 is 3.10 bits per heavy atom. The summed E-state index contributed by atoms with van der Waals surface area (Å²) in [6, 6.07) is 7.78. The quantitative estimate of drug-likeness (QED) is 0.867. The molecule has 1 fully saturated rings.